The number of carbonyl (C=O) groups is 1. The molecule has 1 aliphatic heterocycles. The van der Waals surface area contributed by atoms with Gasteiger partial charge in [-0.05, 0) is 6.42 Å². The molecule has 2 N–H and O–H groups in total. The summed E-state index contributed by atoms with van der Waals surface area (Å²) in [6.45, 7) is 0.543. The van der Waals surface area contributed by atoms with E-state index < -0.39 is 10.3 Å². The molecule has 1 rings (SSSR count). The lowest BCUT2D eigenvalue weighted by atomic mass is 9.97. The predicted molar refractivity (Wildman–Crippen MR) is 48.7 cm³/mol. The summed E-state index contributed by atoms with van der Waals surface area (Å²) in [5.41, 5.74) is 0. The molecule has 1 saturated heterocycles. The Hall–Kier alpha value is -0.880. The molecule has 1 aliphatic rings. The monoisotopic (exact) mass is 204 g/mol. The van der Waals surface area contributed by atoms with E-state index in [1.165, 1.54) is 0 Å². The van der Waals surface area contributed by atoms with E-state index in [1.54, 1.807) is 7.05 Å². The van der Waals surface area contributed by atoms with Crippen molar-refractivity contribution in [3.8, 4) is 0 Å². The van der Waals surface area contributed by atoms with Crippen molar-refractivity contribution in [1.82, 2.24) is 10.6 Å². The van der Waals surface area contributed by atoms with Gasteiger partial charge in [0.1, 0.15) is 4.99 Å². The third-order valence-corrected chi connectivity index (χ3v) is 2.78. The third-order valence-electron chi connectivity index (χ3n) is 2.07. The lowest BCUT2D eigenvalue weighted by molar-refractivity contribution is -0.124. The highest BCUT2D eigenvalue weighted by Crippen LogP contribution is 2.12. The van der Waals surface area contributed by atoms with Gasteiger partial charge in [-0.2, -0.15) is 8.42 Å². The van der Waals surface area contributed by atoms with Crippen LogP contribution in [0.5, 0.6) is 0 Å². The third kappa shape index (κ3) is 2.53. The summed E-state index contributed by atoms with van der Waals surface area (Å²) in [4.78, 5) is 11.4. The van der Waals surface area contributed by atoms with E-state index in [1.807, 2.05) is 0 Å². The van der Waals surface area contributed by atoms with Gasteiger partial charge in [0, 0.05) is 25.9 Å². The number of nitrogens with one attached hydrogen (secondary N) is 2. The number of carbonyl (C=O) groups excluding carboxylic acids is 1. The van der Waals surface area contributed by atoms with E-state index in [9.17, 15) is 13.2 Å². The van der Waals surface area contributed by atoms with Crippen molar-refractivity contribution in [3.05, 3.63) is 0 Å². The molecule has 0 bridgehead atoms. The second-order valence-corrected chi connectivity index (χ2v) is 3.85. The Bertz CT molecular complexity index is 326. The number of hydrogen-bond acceptors (Lipinski definition) is 3. The zero-order valence-corrected chi connectivity index (χ0v) is 8.15. The second-order valence-electron chi connectivity index (χ2n) is 2.89. The van der Waals surface area contributed by atoms with Crippen LogP contribution in [0.1, 0.15) is 12.8 Å². The van der Waals surface area contributed by atoms with E-state index in [-0.39, 0.29) is 23.2 Å². The number of rotatable bonds is 1. The maximum absolute atomic E-state index is 11.2. The molecule has 0 saturated carbocycles. The molecule has 1 heterocycles. The highest BCUT2D eigenvalue weighted by atomic mass is 32.2. The number of piperidine rings is 1. The van der Waals surface area contributed by atoms with E-state index >= 15 is 0 Å². The molecule has 1 unspecified atom stereocenters. The van der Waals surface area contributed by atoms with Gasteiger partial charge in [0.2, 0.25) is 16.2 Å². The maximum atomic E-state index is 11.2. The standard InChI is InChI=1S/C7H12N2O3S/c1-8-7(10)5-2-3-9-6(4-5)13(11)12/h5,9H,2-4H2,1H3,(H,8,10). The van der Waals surface area contributed by atoms with Gasteiger partial charge in [0.15, 0.2) is 0 Å². The first-order chi connectivity index (χ1) is 6.15. The van der Waals surface area contributed by atoms with E-state index in [0.717, 1.165) is 0 Å². The van der Waals surface area contributed by atoms with E-state index in [2.05, 4.69) is 10.6 Å². The summed E-state index contributed by atoms with van der Waals surface area (Å²) in [7, 11) is -0.662. The predicted octanol–water partition coefficient (Wildman–Crippen LogP) is -1.26. The van der Waals surface area contributed by atoms with Crippen molar-refractivity contribution in [2.75, 3.05) is 13.6 Å². The highest BCUT2D eigenvalue weighted by Gasteiger charge is 2.23. The van der Waals surface area contributed by atoms with Crippen LogP contribution in [-0.2, 0) is 15.1 Å². The van der Waals surface area contributed by atoms with Gasteiger partial charge < -0.3 is 5.32 Å². The molecule has 13 heavy (non-hydrogen) atoms. The zero-order chi connectivity index (χ0) is 9.84. The fraction of sp³-hybridized carbons (Fsp3) is 0.714. The molecule has 0 radical (unpaired) electrons. The van der Waals surface area contributed by atoms with Gasteiger partial charge in [-0.1, -0.05) is 0 Å². The summed E-state index contributed by atoms with van der Waals surface area (Å²) in [5, 5.41) is 5.26. The Morgan fingerprint density at radius 2 is 2.31 bits per heavy atom. The molecular formula is C7H12N2O3S. The highest BCUT2D eigenvalue weighted by molar-refractivity contribution is 7.72. The Morgan fingerprint density at radius 1 is 1.62 bits per heavy atom. The summed E-state index contributed by atoms with van der Waals surface area (Å²) < 4.78 is 21.2. The van der Waals surface area contributed by atoms with Crippen LogP contribution >= 0.6 is 0 Å². The Morgan fingerprint density at radius 3 is 2.85 bits per heavy atom. The summed E-state index contributed by atoms with van der Waals surface area (Å²) in [6, 6.07) is 0. The van der Waals surface area contributed by atoms with E-state index in [4.69, 9.17) is 0 Å². The minimum Gasteiger partial charge on any atom is -0.359 e. The first-order valence-corrected chi connectivity index (χ1v) is 5.13. The molecule has 1 amide bonds. The van der Waals surface area contributed by atoms with Crippen LogP contribution in [0.3, 0.4) is 0 Å². The molecule has 0 aromatic carbocycles. The van der Waals surface area contributed by atoms with Crippen molar-refractivity contribution in [1.29, 1.82) is 0 Å². The molecule has 1 fully saturated rings. The van der Waals surface area contributed by atoms with Crippen molar-refractivity contribution >= 4 is 21.2 Å². The van der Waals surface area contributed by atoms with Crippen molar-refractivity contribution < 1.29 is 13.2 Å². The molecule has 5 nitrogen and oxygen atoms in total. The summed E-state index contributed by atoms with van der Waals surface area (Å²) >= 11 is 0. The summed E-state index contributed by atoms with van der Waals surface area (Å²) in [6.07, 6.45) is 0.968. The Balaban J connectivity index is 2.73. The lowest BCUT2D eigenvalue weighted by Gasteiger charge is -2.20. The topological polar surface area (TPSA) is 75.3 Å². The number of amides is 1. The minimum atomic E-state index is -2.22. The average molecular weight is 204 g/mol. The van der Waals surface area contributed by atoms with Crippen molar-refractivity contribution in [2.45, 2.75) is 12.8 Å². The zero-order valence-electron chi connectivity index (χ0n) is 7.33. The van der Waals surface area contributed by atoms with Crippen molar-refractivity contribution in [3.63, 3.8) is 0 Å². The minimum absolute atomic E-state index is 0.0931. The summed E-state index contributed by atoms with van der Waals surface area (Å²) in [5.74, 6) is -0.302. The molecule has 0 aromatic rings. The Labute approximate surface area is 78.0 Å². The number of hydrogen-bond donors (Lipinski definition) is 2. The van der Waals surface area contributed by atoms with Gasteiger partial charge in [0.05, 0.1) is 0 Å². The van der Waals surface area contributed by atoms with Crippen LogP contribution < -0.4 is 10.6 Å². The molecule has 74 valence electrons. The van der Waals surface area contributed by atoms with Gasteiger partial charge in [-0.15, -0.1) is 0 Å². The fourth-order valence-corrected chi connectivity index (χ4v) is 1.90. The molecule has 1 atom stereocenters. The maximum Gasteiger partial charge on any atom is 0.228 e. The van der Waals surface area contributed by atoms with Crippen LogP contribution in [-0.4, -0.2) is 32.9 Å². The lowest BCUT2D eigenvalue weighted by Crippen LogP contribution is -2.40. The quantitative estimate of drug-likeness (QED) is 0.523. The fourth-order valence-electron chi connectivity index (χ4n) is 1.34. The van der Waals surface area contributed by atoms with Crippen LogP contribution in [0.15, 0.2) is 0 Å². The smallest absolute Gasteiger partial charge is 0.228 e. The van der Waals surface area contributed by atoms with Gasteiger partial charge in [-0.25, -0.2) is 0 Å². The van der Waals surface area contributed by atoms with E-state index in [0.29, 0.717) is 13.0 Å². The molecule has 0 aromatic heterocycles. The van der Waals surface area contributed by atoms with Gasteiger partial charge in [-0.3, -0.25) is 10.1 Å². The SMILES string of the molecule is CNC(=O)C1CCNC(=S(=O)=O)C1. The van der Waals surface area contributed by atoms with Crippen LogP contribution in [0, 0.1) is 5.92 Å². The van der Waals surface area contributed by atoms with Crippen LogP contribution in [0.2, 0.25) is 0 Å². The average Bonchev–Trinajstić information content (AvgIpc) is 2.17. The largest absolute Gasteiger partial charge is 0.359 e. The van der Waals surface area contributed by atoms with Crippen molar-refractivity contribution in [2.24, 2.45) is 5.92 Å². The molecular weight excluding hydrogens is 192 g/mol. The Kier molecular flexibility index (Phi) is 3.44. The second kappa shape index (κ2) is 4.38. The first-order valence-electron chi connectivity index (χ1n) is 4.05. The van der Waals surface area contributed by atoms with Gasteiger partial charge in [0.25, 0.3) is 0 Å². The molecule has 6 heteroatoms. The van der Waals surface area contributed by atoms with Gasteiger partial charge >= 0.3 is 0 Å². The normalized spacial score (nSPS) is 22.5. The molecule has 0 spiro atoms. The van der Waals surface area contributed by atoms with Crippen LogP contribution in [0.4, 0.5) is 0 Å². The van der Waals surface area contributed by atoms with Crippen LogP contribution in [0.25, 0.3) is 0 Å². The molecule has 0 aliphatic carbocycles. The first kappa shape index (κ1) is 10.2.